The van der Waals surface area contributed by atoms with Crippen molar-refractivity contribution in [2.45, 2.75) is 6.54 Å². The maximum absolute atomic E-state index is 12.5. The van der Waals surface area contributed by atoms with Crippen molar-refractivity contribution in [1.29, 1.82) is 0 Å². The first kappa shape index (κ1) is 18.3. The highest BCUT2D eigenvalue weighted by atomic mass is 35.5. The first-order valence-corrected chi connectivity index (χ1v) is 8.04. The lowest BCUT2D eigenvalue weighted by molar-refractivity contribution is -0.384. The summed E-state index contributed by atoms with van der Waals surface area (Å²) < 4.78 is 6.22. The molecule has 0 bridgehead atoms. The van der Waals surface area contributed by atoms with Gasteiger partial charge in [0.05, 0.1) is 35.0 Å². The largest absolute Gasteiger partial charge is 0.495 e. The molecule has 0 saturated heterocycles. The molecule has 10 heteroatoms. The quantitative estimate of drug-likeness (QED) is 0.530. The maximum atomic E-state index is 12.5. The number of nitrogens with one attached hydrogen (secondary N) is 1. The lowest BCUT2D eigenvalue weighted by Gasteiger charge is -2.11. The van der Waals surface area contributed by atoms with Crippen molar-refractivity contribution in [3.8, 4) is 5.75 Å². The molecule has 0 unspecified atom stereocenters. The number of methoxy groups -OCH3 is 1. The summed E-state index contributed by atoms with van der Waals surface area (Å²) >= 11 is 5.92. The van der Waals surface area contributed by atoms with Crippen molar-refractivity contribution in [3.05, 3.63) is 68.2 Å². The summed E-state index contributed by atoms with van der Waals surface area (Å²) in [6.45, 7) is -0.333. The standard InChI is InChI=1S/C17H13ClN4O5/c1-27-15-5-2-10(18)6-14(15)20-16(23)8-21-9-19-13-4-3-11(22(25)26)7-12(13)17(21)24/h2-7,9H,8H2,1H3,(H,20,23). The third-order valence-corrected chi connectivity index (χ3v) is 4.00. The normalized spacial score (nSPS) is 10.6. The first-order chi connectivity index (χ1) is 12.9. The molecule has 0 fully saturated rings. The van der Waals surface area contributed by atoms with Gasteiger partial charge in [0.1, 0.15) is 12.3 Å². The number of anilines is 1. The summed E-state index contributed by atoms with van der Waals surface area (Å²) in [5, 5.41) is 14.0. The van der Waals surface area contributed by atoms with Crippen molar-refractivity contribution in [2.75, 3.05) is 12.4 Å². The highest BCUT2D eigenvalue weighted by molar-refractivity contribution is 6.31. The molecular formula is C17H13ClN4O5. The maximum Gasteiger partial charge on any atom is 0.270 e. The summed E-state index contributed by atoms with van der Waals surface area (Å²) in [7, 11) is 1.45. The summed E-state index contributed by atoms with van der Waals surface area (Å²) in [5.41, 5.74) is -0.129. The van der Waals surface area contributed by atoms with Crippen LogP contribution < -0.4 is 15.6 Å². The van der Waals surface area contributed by atoms with E-state index in [2.05, 4.69) is 10.3 Å². The number of nitrogens with zero attached hydrogens (tertiary/aromatic N) is 3. The zero-order chi connectivity index (χ0) is 19.6. The molecule has 1 amide bonds. The van der Waals surface area contributed by atoms with Crippen molar-refractivity contribution in [1.82, 2.24) is 9.55 Å². The molecule has 138 valence electrons. The third-order valence-electron chi connectivity index (χ3n) is 3.77. The molecule has 3 aromatic rings. The molecule has 3 rings (SSSR count). The van der Waals surface area contributed by atoms with Crippen LogP contribution in [0, 0.1) is 10.1 Å². The van der Waals surface area contributed by atoms with E-state index in [0.717, 1.165) is 10.6 Å². The first-order valence-electron chi connectivity index (χ1n) is 7.66. The highest BCUT2D eigenvalue weighted by Gasteiger charge is 2.14. The minimum absolute atomic E-state index is 0.0554. The van der Waals surface area contributed by atoms with Gasteiger partial charge in [-0.1, -0.05) is 11.6 Å². The molecule has 0 aliphatic heterocycles. The van der Waals surface area contributed by atoms with Gasteiger partial charge in [0.2, 0.25) is 5.91 Å². The SMILES string of the molecule is COc1ccc(Cl)cc1NC(=O)Cn1cnc2ccc([N+](=O)[O-])cc2c1=O. The molecule has 1 N–H and O–H groups in total. The lowest BCUT2D eigenvalue weighted by atomic mass is 10.2. The number of carbonyl (C=O) groups excluding carboxylic acids is 1. The van der Waals surface area contributed by atoms with Crippen molar-refractivity contribution in [3.63, 3.8) is 0 Å². The van der Waals surface area contributed by atoms with E-state index in [9.17, 15) is 19.7 Å². The number of amides is 1. The molecule has 0 atom stereocenters. The summed E-state index contributed by atoms with van der Waals surface area (Å²) in [4.78, 5) is 39.2. The summed E-state index contributed by atoms with van der Waals surface area (Å²) in [5.74, 6) is -0.100. The molecule has 0 saturated carbocycles. The van der Waals surface area contributed by atoms with Gasteiger partial charge in [-0.2, -0.15) is 0 Å². The van der Waals surface area contributed by atoms with Crippen LogP contribution in [-0.4, -0.2) is 27.5 Å². The number of carbonyl (C=O) groups is 1. The Morgan fingerprint density at radius 3 is 2.81 bits per heavy atom. The van der Waals surface area contributed by atoms with Gasteiger partial charge in [-0.05, 0) is 24.3 Å². The predicted molar refractivity (Wildman–Crippen MR) is 99.3 cm³/mol. The smallest absolute Gasteiger partial charge is 0.270 e. The zero-order valence-electron chi connectivity index (χ0n) is 14.0. The van der Waals surface area contributed by atoms with Crippen LogP contribution in [-0.2, 0) is 11.3 Å². The van der Waals surface area contributed by atoms with Crippen LogP contribution in [0.3, 0.4) is 0 Å². The monoisotopic (exact) mass is 388 g/mol. The number of non-ortho nitro benzene ring substituents is 1. The number of nitro benzene ring substituents is 1. The third kappa shape index (κ3) is 3.87. The Hall–Kier alpha value is -3.46. The molecule has 0 aliphatic carbocycles. The minimum Gasteiger partial charge on any atom is -0.495 e. The van der Waals surface area contributed by atoms with Crippen LogP contribution in [0.1, 0.15) is 0 Å². The fraction of sp³-hybridized carbons (Fsp3) is 0.118. The number of halogens is 1. The Balaban J connectivity index is 1.89. The van der Waals surface area contributed by atoms with E-state index in [1.165, 1.54) is 31.6 Å². The van der Waals surface area contributed by atoms with E-state index in [4.69, 9.17) is 16.3 Å². The number of fused-ring (bicyclic) bond motifs is 1. The number of rotatable bonds is 5. The van der Waals surface area contributed by atoms with Crippen LogP contribution in [0.2, 0.25) is 5.02 Å². The van der Waals surface area contributed by atoms with Crippen LogP contribution in [0.15, 0.2) is 47.5 Å². The molecular weight excluding hydrogens is 376 g/mol. The van der Waals surface area contributed by atoms with Crippen LogP contribution in [0.4, 0.5) is 11.4 Å². The Kier molecular flexibility index (Phi) is 5.04. The number of hydrogen-bond donors (Lipinski definition) is 1. The fourth-order valence-electron chi connectivity index (χ4n) is 2.50. The highest BCUT2D eigenvalue weighted by Crippen LogP contribution is 2.27. The predicted octanol–water partition coefficient (Wildman–Crippen LogP) is 2.61. The van der Waals surface area contributed by atoms with Gasteiger partial charge in [0.15, 0.2) is 0 Å². The molecule has 1 aromatic heterocycles. The number of hydrogen-bond acceptors (Lipinski definition) is 6. The van der Waals surface area contributed by atoms with Gasteiger partial charge >= 0.3 is 0 Å². The van der Waals surface area contributed by atoms with Crippen LogP contribution in [0.25, 0.3) is 10.9 Å². The van der Waals surface area contributed by atoms with Crippen LogP contribution in [0.5, 0.6) is 5.75 Å². The number of ether oxygens (including phenoxy) is 1. The van der Waals surface area contributed by atoms with E-state index >= 15 is 0 Å². The Labute approximate surface area is 157 Å². The van der Waals surface area contributed by atoms with Gasteiger partial charge in [-0.15, -0.1) is 0 Å². The van der Waals surface area contributed by atoms with Gasteiger partial charge < -0.3 is 10.1 Å². The average Bonchev–Trinajstić information content (AvgIpc) is 2.64. The molecule has 1 heterocycles. The molecule has 2 aromatic carbocycles. The summed E-state index contributed by atoms with van der Waals surface area (Å²) in [6.07, 6.45) is 1.21. The number of nitro groups is 1. The van der Waals surface area contributed by atoms with Crippen molar-refractivity contribution >= 4 is 39.8 Å². The van der Waals surface area contributed by atoms with Crippen molar-refractivity contribution < 1.29 is 14.5 Å². The van der Waals surface area contributed by atoms with Gasteiger partial charge in [-0.25, -0.2) is 4.98 Å². The average molecular weight is 389 g/mol. The molecule has 0 spiro atoms. The lowest BCUT2D eigenvalue weighted by Crippen LogP contribution is -2.28. The molecule has 0 aliphatic rings. The van der Waals surface area contributed by atoms with Crippen molar-refractivity contribution in [2.24, 2.45) is 0 Å². The van der Waals surface area contributed by atoms with Gasteiger partial charge in [0.25, 0.3) is 11.2 Å². The second-order valence-corrected chi connectivity index (χ2v) is 5.97. The molecule has 0 radical (unpaired) electrons. The Morgan fingerprint density at radius 1 is 1.33 bits per heavy atom. The molecule has 27 heavy (non-hydrogen) atoms. The Bertz CT molecular complexity index is 1110. The van der Waals surface area contributed by atoms with Gasteiger partial charge in [-0.3, -0.25) is 24.3 Å². The van der Waals surface area contributed by atoms with E-state index in [0.29, 0.717) is 22.0 Å². The fourth-order valence-corrected chi connectivity index (χ4v) is 2.67. The van der Waals surface area contributed by atoms with E-state index in [1.807, 2.05) is 0 Å². The Morgan fingerprint density at radius 2 is 2.11 bits per heavy atom. The number of benzene rings is 2. The van der Waals surface area contributed by atoms with E-state index in [1.54, 1.807) is 12.1 Å². The van der Waals surface area contributed by atoms with Crippen LogP contribution >= 0.6 is 11.6 Å². The topological polar surface area (TPSA) is 116 Å². The second kappa shape index (κ2) is 7.42. The zero-order valence-corrected chi connectivity index (χ0v) is 14.8. The minimum atomic E-state index is -0.603. The van der Waals surface area contributed by atoms with Gasteiger partial charge in [0, 0.05) is 17.2 Å². The molecule has 9 nitrogen and oxygen atoms in total. The number of aromatic nitrogens is 2. The van der Waals surface area contributed by atoms with E-state index < -0.39 is 16.4 Å². The summed E-state index contributed by atoms with van der Waals surface area (Å²) in [6, 6.07) is 8.51. The second-order valence-electron chi connectivity index (χ2n) is 5.53. The van der Waals surface area contributed by atoms with E-state index in [-0.39, 0.29) is 17.6 Å².